The zero-order chi connectivity index (χ0) is 16.7. The molecule has 24 heavy (non-hydrogen) atoms. The molecule has 0 unspecified atom stereocenters. The van der Waals surface area contributed by atoms with Crippen molar-refractivity contribution < 1.29 is 9.90 Å². The summed E-state index contributed by atoms with van der Waals surface area (Å²) in [5.41, 5.74) is 4.48. The van der Waals surface area contributed by atoms with Gasteiger partial charge >= 0.3 is 5.97 Å². The van der Waals surface area contributed by atoms with Gasteiger partial charge in [-0.15, -0.1) is 0 Å². The molecule has 5 heteroatoms. The van der Waals surface area contributed by atoms with Crippen LogP contribution in [0.1, 0.15) is 23.2 Å². The lowest BCUT2D eigenvalue weighted by Crippen LogP contribution is -2.19. The van der Waals surface area contributed by atoms with Crippen LogP contribution in [0.5, 0.6) is 0 Å². The van der Waals surface area contributed by atoms with Crippen molar-refractivity contribution in [2.45, 2.75) is 18.9 Å². The van der Waals surface area contributed by atoms with E-state index in [1.165, 1.54) is 18.5 Å². The lowest BCUT2D eigenvalue weighted by Gasteiger charge is -2.19. The van der Waals surface area contributed by atoms with Gasteiger partial charge in [-0.3, -0.25) is 4.98 Å². The van der Waals surface area contributed by atoms with Crippen molar-refractivity contribution in [3.8, 4) is 11.3 Å². The number of hydrogen-bond donors (Lipinski definition) is 1. The fraction of sp³-hybridized carbons (Fsp3) is 0.211. The molecule has 0 aliphatic heterocycles. The van der Waals surface area contributed by atoms with Gasteiger partial charge in [-0.25, -0.2) is 9.78 Å². The molecule has 1 aromatic heterocycles. The molecule has 1 saturated carbocycles. The summed E-state index contributed by atoms with van der Waals surface area (Å²) < 4.78 is 0. The van der Waals surface area contributed by atoms with E-state index < -0.39 is 5.97 Å². The summed E-state index contributed by atoms with van der Waals surface area (Å²) in [6.45, 7) is 0. The van der Waals surface area contributed by atoms with E-state index in [1.54, 1.807) is 24.4 Å². The van der Waals surface area contributed by atoms with Gasteiger partial charge in [0.25, 0.3) is 0 Å². The Morgan fingerprint density at radius 2 is 2.00 bits per heavy atom. The Labute approximate surface area is 139 Å². The molecule has 1 aliphatic carbocycles. The predicted octanol–water partition coefficient (Wildman–Crippen LogP) is 3.59. The first-order chi connectivity index (χ1) is 11.6. The molecule has 1 aliphatic rings. The molecular formula is C19H17N3O2. The van der Waals surface area contributed by atoms with Gasteiger partial charge < -0.3 is 10.0 Å². The Kier molecular flexibility index (Phi) is 3.41. The van der Waals surface area contributed by atoms with E-state index in [0.717, 1.165) is 11.3 Å². The van der Waals surface area contributed by atoms with Crippen molar-refractivity contribution in [1.82, 2.24) is 9.97 Å². The van der Waals surface area contributed by atoms with Crippen LogP contribution in [0.3, 0.4) is 0 Å². The number of carbonyl (C=O) groups is 1. The molecule has 0 radical (unpaired) electrons. The maximum absolute atomic E-state index is 11.0. The molecule has 5 nitrogen and oxygen atoms in total. The van der Waals surface area contributed by atoms with Crippen molar-refractivity contribution in [3.05, 3.63) is 54.2 Å². The third kappa shape index (κ3) is 2.69. The number of rotatable bonds is 4. The highest BCUT2D eigenvalue weighted by Crippen LogP contribution is 2.32. The number of carboxylic acids is 1. The number of aromatic nitrogens is 2. The summed E-state index contributed by atoms with van der Waals surface area (Å²) in [7, 11) is 2.12. The molecule has 120 valence electrons. The second kappa shape index (κ2) is 5.60. The van der Waals surface area contributed by atoms with Crippen LogP contribution < -0.4 is 4.90 Å². The summed E-state index contributed by atoms with van der Waals surface area (Å²) in [6.07, 6.45) is 4.20. The van der Waals surface area contributed by atoms with Gasteiger partial charge in [0.1, 0.15) is 0 Å². The average molecular weight is 319 g/mol. The van der Waals surface area contributed by atoms with Gasteiger partial charge in [-0.05, 0) is 43.2 Å². The summed E-state index contributed by atoms with van der Waals surface area (Å²) in [5.74, 6) is -0.960. The third-order valence-electron chi connectivity index (χ3n) is 4.43. The number of carboxylic acid groups (broad SMARTS) is 1. The molecule has 0 saturated heterocycles. The van der Waals surface area contributed by atoms with E-state index in [0.29, 0.717) is 17.1 Å². The number of aromatic carboxylic acids is 1. The topological polar surface area (TPSA) is 66.3 Å². The molecule has 1 heterocycles. The smallest absolute Gasteiger partial charge is 0.335 e. The molecule has 4 rings (SSSR count). The highest BCUT2D eigenvalue weighted by Gasteiger charge is 2.26. The van der Waals surface area contributed by atoms with Crippen LogP contribution in [0.15, 0.2) is 48.7 Å². The average Bonchev–Trinajstić information content (AvgIpc) is 3.45. The van der Waals surface area contributed by atoms with Crippen LogP contribution in [0.2, 0.25) is 0 Å². The highest BCUT2D eigenvalue weighted by molar-refractivity contribution is 5.92. The van der Waals surface area contributed by atoms with E-state index >= 15 is 0 Å². The van der Waals surface area contributed by atoms with E-state index in [4.69, 9.17) is 5.11 Å². The zero-order valence-electron chi connectivity index (χ0n) is 13.3. The SMILES string of the molecule is CN(c1cccc(-c2cnc3cc(C(=O)O)ccc3n2)c1)C1CC1. The molecule has 0 atom stereocenters. The number of fused-ring (bicyclic) bond motifs is 1. The molecule has 0 amide bonds. The molecule has 0 bridgehead atoms. The number of nitrogens with zero attached hydrogens (tertiary/aromatic N) is 3. The minimum Gasteiger partial charge on any atom is -0.478 e. The number of hydrogen-bond acceptors (Lipinski definition) is 4. The lowest BCUT2D eigenvalue weighted by atomic mass is 10.1. The molecule has 3 aromatic rings. The predicted molar refractivity (Wildman–Crippen MR) is 93.4 cm³/mol. The van der Waals surface area contributed by atoms with Gasteiger partial charge in [-0.2, -0.15) is 0 Å². The van der Waals surface area contributed by atoms with Crippen molar-refractivity contribution in [1.29, 1.82) is 0 Å². The number of benzene rings is 2. The van der Waals surface area contributed by atoms with Crippen molar-refractivity contribution in [2.75, 3.05) is 11.9 Å². The lowest BCUT2D eigenvalue weighted by molar-refractivity contribution is 0.0697. The molecule has 1 N–H and O–H groups in total. The van der Waals surface area contributed by atoms with Crippen molar-refractivity contribution in [2.24, 2.45) is 0 Å². The summed E-state index contributed by atoms with van der Waals surface area (Å²) in [5, 5.41) is 9.06. The second-order valence-corrected chi connectivity index (χ2v) is 6.16. The van der Waals surface area contributed by atoms with Crippen LogP contribution in [0, 0.1) is 0 Å². The summed E-state index contributed by atoms with van der Waals surface area (Å²) >= 11 is 0. The summed E-state index contributed by atoms with van der Waals surface area (Å²) in [6, 6.07) is 13.7. The van der Waals surface area contributed by atoms with Crippen LogP contribution in [0.25, 0.3) is 22.3 Å². The van der Waals surface area contributed by atoms with E-state index in [1.807, 2.05) is 12.1 Å². The molecule has 2 aromatic carbocycles. The third-order valence-corrected chi connectivity index (χ3v) is 4.43. The van der Waals surface area contributed by atoms with Crippen LogP contribution in [-0.2, 0) is 0 Å². The normalized spacial score (nSPS) is 13.9. The van der Waals surface area contributed by atoms with Crippen molar-refractivity contribution in [3.63, 3.8) is 0 Å². The summed E-state index contributed by atoms with van der Waals surface area (Å²) in [4.78, 5) is 22.4. The first-order valence-electron chi connectivity index (χ1n) is 7.95. The minimum atomic E-state index is -0.960. The fourth-order valence-electron chi connectivity index (χ4n) is 2.84. The maximum atomic E-state index is 11.0. The fourth-order valence-corrected chi connectivity index (χ4v) is 2.84. The largest absolute Gasteiger partial charge is 0.478 e. The second-order valence-electron chi connectivity index (χ2n) is 6.16. The highest BCUT2D eigenvalue weighted by atomic mass is 16.4. The van der Waals surface area contributed by atoms with Crippen LogP contribution in [-0.4, -0.2) is 34.1 Å². The Morgan fingerprint density at radius 3 is 2.75 bits per heavy atom. The van der Waals surface area contributed by atoms with Crippen LogP contribution >= 0.6 is 0 Å². The Hall–Kier alpha value is -2.95. The van der Waals surface area contributed by atoms with Gasteiger partial charge in [-0.1, -0.05) is 12.1 Å². The Balaban J connectivity index is 1.72. The molecular weight excluding hydrogens is 302 g/mol. The number of anilines is 1. The Morgan fingerprint density at radius 1 is 1.17 bits per heavy atom. The van der Waals surface area contributed by atoms with Gasteiger partial charge in [0.2, 0.25) is 0 Å². The first-order valence-corrected chi connectivity index (χ1v) is 7.95. The first kappa shape index (κ1) is 14.6. The van der Waals surface area contributed by atoms with E-state index in [2.05, 4.69) is 34.0 Å². The van der Waals surface area contributed by atoms with Gasteiger partial charge in [0.15, 0.2) is 0 Å². The van der Waals surface area contributed by atoms with E-state index in [9.17, 15) is 4.79 Å². The van der Waals surface area contributed by atoms with Gasteiger partial charge in [0, 0.05) is 24.3 Å². The Bertz CT molecular complexity index is 935. The quantitative estimate of drug-likeness (QED) is 0.796. The van der Waals surface area contributed by atoms with Crippen molar-refractivity contribution >= 4 is 22.7 Å². The van der Waals surface area contributed by atoms with E-state index in [-0.39, 0.29) is 5.56 Å². The molecule has 1 fully saturated rings. The maximum Gasteiger partial charge on any atom is 0.335 e. The van der Waals surface area contributed by atoms with Crippen LogP contribution in [0.4, 0.5) is 5.69 Å². The monoisotopic (exact) mass is 319 g/mol. The standard InChI is InChI=1S/C19H17N3O2/c1-22(14-6-7-14)15-4-2-3-12(9-15)18-11-20-17-10-13(19(23)24)5-8-16(17)21-18/h2-5,8-11,14H,6-7H2,1H3,(H,23,24). The minimum absolute atomic E-state index is 0.220. The molecule has 0 spiro atoms. The van der Waals surface area contributed by atoms with Gasteiger partial charge in [0.05, 0.1) is 28.5 Å². The zero-order valence-corrected chi connectivity index (χ0v) is 13.3.